The zero-order chi connectivity index (χ0) is 19.2. The van der Waals surface area contributed by atoms with Gasteiger partial charge in [-0.2, -0.15) is 0 Å². The summed E-state index contributed by atoms with van der Waals surface area (Å²) >= 11 is 0. The van der Waals surface area contributed by atoms with Gasteiger partial charge in [-0.1, -0.05) is 12.1 Å². The van der Waals surface area contributed by atoms with Gasteiger partial charge < -0.3 is 26.2 Å². The number of halogens is 1. The van der Waals surface area contributed by atoms with Gasteiger partial charge in [0.25, 0.3) is 5.91 Å². The molecule has 0 spiro atoms. The van der Waals surface area contributed by atoms with Gasteiger partial charge >= 0.3 is 0 Å². The second-order valence-corrected chi connectivity index (χ2v) is 6.64. The van der Waals surface area contributed by atoms with E-state index >= 15 is 0 Å². The Balaban J connectivity index is 1.68. The van der Waals surface area contributed by atoms with Crippen LogP contribution in [0.1, 0.15) is 22.3 Å². The van der Waals surface area contributed by atoms with Gasteiger partial charge in [0.15, 0.2) is 0 Å². The highest BCUT2D eigenvalue weighted by Gasteiger charge is 2.23. The molecule has 0 aromatic heterocycles. The second kappa shape index (κ2) is 8.94. The maximum absolute atomic E-state index is 14.1. The minimum atomic E-state index is -0.623. The van der Waals surface area contributed by atoms with Gasteiger partial charge in [-0.25, -0.2) is 4.39 Å². The fourth-order valence-corrected chi connectivity index (χ4v) is 3.06. The topological polar surface area (TPSA) is 96.6 Å². The van der Waals surface area contributed by atoms with Gasteiger partial charge in [0.2, 0.25) is 0 Å². The van der Waals surface area contributed by atoms with Crippen molar-refractivity contribution < 1.29 is 19.0 Å². The van der Waals surface area contributed by atoms with E-state index < -0.39 is 17.8 Å². The smallest absolute Gasteiger partial charge is 0.254 e. The summed E-state index contributed by atoms with van der Waals surface area (Å²) in [7, 11) is 0. The van der Waals surface area contributed by atoms with Crippen LogP contribution in [0, 0.1) is 5.82 Å². The Hall–Kier alpha value is -2.48. The molecule has 1 aliphatic heterocycles. The molecule has 2 aromatic carbocycles. The molecule has 0 aliphatic carbocycles. The molecule has 1 amide bonds. The number of nitrogens with one attached hydrogen (secondary N) is 2. The summed E-state index contributed by atoms with van der Waals surface area (Å²) in [6.07, 6.45) is 0.697. The molecule has 1 fully saturated rings. The lowest BCUT2D eigenvalue weighted by molar-refractivity contribution is 0.0872. The quantitative estimate of drug-likeness (QED) is 0.616. The molecular weight excluding hydrogens is 349 g/mol. The lowest BCUT2D eigenvalue weighted by Crippen LogP contribution is -2.50. The molecule has 0 radical (unpaired) electrons. The number of nitrogens with two attached hydrogens (primary N) is 1. The van der Waals surface area contributed by atoms with Gasteiger partial charge in [-0.05, 0) is 55.3 Å². The molecule has 0 bridgehead atoms. The van der Waals surface area contributed by atoms with Gasteiger partial charge in [0.05, 0.1) is 11.7 Å². The van der Waals surface area contributed by atoms with Crippen LogP contribution in [0.3, 0.4) is 0 Å². The maximum Gasteiger partial charge on any atom is 0.254 e. The highest BCUT2D eigenvalue weighted by molar-refractivity contribution is 5.95. The van der Waals surface area contributed by atoms with E-state index in [1.165, 1.54) is 18.2 Å². The number of β-amino-alcohol motifs (C(OH)–C–C–N with tert-alkyl or cyclic N) is 1. The van der Waals surface area contributed by atoms with Gasteiger partial charge in [0, 0.05) is 19.1 Å². The zero-order valence-electron chi connectivity index (χ0n) is 15.0. The van der Waals surface area contributed by atoms with Crippen molar-refractivity contribution in [2.75, 3.05) is 19.6 Å². The molecule has 27 heavy (non-hydrogen) atoms. The normalized spacial score (nSPS) is 19.5. The fourth-order valence-electron chi connectivity index (χ4n) is 3.06. The first-order valence-corrected chi connectivity index (χ1v) is 9.01. The average Bonchev–Trinajstić information content (AvgIpc) is 2.65. The number of hydrogen-bond donors (Lipinski definition) is 4. The molecule has 2 aromatic rings. The summed E-state index contributed by atoms with van der Waals surface area (Å²) in [6.45, 7) is 1.61. The predicted molar refractivity (Wildman–Crippen MR) is 100 cm³/mol. The molecule has 7 heteroatoms. The Morgan fingerprint density at radius 3 is 2.67 bits per heavy atom. The Labute approximate surface area is 157 Å². The summed E-state index contributed by atoms with van der Waals surface area (Å²) in [5.41, 5.74) is 6.55. The molecular formula is C20H24FN3O3. The average molecular weight is 373 g/mol. The van der Waals surface area contributed by atoms with E-state index in [1.807, 2.05) is 24.3 Å². The van der Waals surface area contributed by atoms with E-state index in [0.717, 1.165) is 12.0 Å². The van der Waals surface area contributed by atoms with E-state index in [0.29, 0.717) is 37.6 Å². The van der Waals surface area contributed by atoms with Crippen molar-refractivity contribution in [2.24, 2.45) is 5.73 Å². The van der Waals surface area contributed by atoms with Crippen LogP contribution in [0.4, 0.5) is 4.39 Å². The van der Waals surface area contributed by atoms with E-state index in [9.17, 15) is 14.3 Å². The lowest BCUT2D eigenvalue weighted by Gasteiger charge is -2.27. The van der Waals surface area contributed by atoms with Crippen molar-refractivity contribution in [2.45, 2.75) is 25.0 Å². The number of carbonyl (C=O) groups excluding carboxylic acids is 1. The predicted octanol–water partition coefficient (Wildman–Crippen LogP) is 1.57. The molecule has 1 heterocycles. The van der Waals surface area contributed by atoms with Gasteiger partial charge in [0.1, 0.15) is 17.3 Å². The molecule has 3 rings (SSSR count). The number of amides is 1. The van der Waals surface area contributed by atoms with Crippen molar-refractivity contribution in [1.29, 1.82) is 0 Å². The minimum absolute atomic E-state index is 0.0904. The van der Waals surface area contributed by atoms with E-state index in [-0.39, 0.29) is 11.6 Å². The molecule has 144 valence electrons. The monoisotopic (exact) mass is 373 g/mol. The number of aliphatic hydroxyl groups excluding tert-OH is 1. The van der Waals surface area contributed by atoms with Crippen molar-refractivity contribution in [3.8, 4) is 11.5 Å². The van der Waals surface area contributed by atoms with Crippen LogP contribution < -0.4 is 21.1 Å². The number of ether oxygens (including phenoxy) is 1. The third-order valence-electron chi connectivity index (χ3n) is 4.44. The van der Waals surface area contributed by atoms with Crippen molar-refractivity contribution >= 4 is 5.91 Å². The lowest BCUT2D eigenvalue weighted by atomic mass is 10.0. The van der Waals surface area contributed by atoms with Crippen LogP contribution in [0.2, 0.25) is 0 Å². The summed E-state index contributed by atoms with van der Waals surface area (Å²) in [5.74, 6) is -0.192. The molecule has 6 nitrogen and oxygen atoms in total. The SMILES string of the molecule is NCCc1ccc(Oc2ccc(F)c(C(=O)N[C@@H]3CNC[C@H](O)C3)c2)cc1. The van der Waals surface area contributed by atoms with E-state index in [1.54, 1.807) is 0 Å². The number of hydrogen-bond acceptors (Lipinski definition) is 5. The Morgan fingerprint density at radius 1 is 1.22 bits per heavy atom. The van der Waals surface area contributed by atoms with Crippen LogP contribution in [0.15, 0.2) is 42.5 Å². The first-order valence-electron chi connectivity index (χ1n) is 9.01. The number of benzene rings is 2. The summed E-state index contributed by atoms with van der Waals surface area (Å²) in [6, 6.07) is 11.3. The molecule has 0 unspecified atom stereocenters. The van der Waals surface area contributed by atoms with Gasteiger partial charge in [-0.15, -0.1) is 0 Å². The van der Waals surface area contributed by atoms with Gasteiger partial charge in [-0.3, -0.25) is 4.79 Å². The van der Waals surface area contributed by atoms with Crippen LogP contribution in [0.25, 0.3) is 0 Å². The van der Waals surface area contributed by atoms with E-state index in [4.69, 9.17) is 10.5 Å². The molecule has 0 saturated carbocycles. The Kier molecular flexibility index (Phi) is 6.39. The van der Waals surface area contributed by atoms with Crippen molar-refractivity contribution in [3.63, 3.8) is 0 Å². The Morgan fingerprint density at radius 2 is 1.96 bits per heavy atom. The van der Waals surface area contributed by atoms with Crippen molar-refractivity contribution in [3.05, 3.63) is 59.4 Å². The number of carbonyl (C=O) groups is 1. The third-order valence-corrected chi connectivity index (χ3v) is 4.44. The number of rotatable bonds is 6. The fraction of sp³-hybridized carbons (Fsp3) is 0.350. The molecule has 5 N–H and O–H groups in total. The van der Waals surface area contributed by atoms with Crippen LogP contribution >= 0.6 is 0 Å². The zero-order valence-corrected chi connectivity index (χ0v) is 15.0. The first-order chi connectivity index (χ1) is 13.0. The summed E-state index contributed by atoms with van der Waals surface area (Å²) < 4.78 is 19.9. The largest absolute Gasteiger partial charge is 0.457 e. The number of piperidine rings is 1. The third kappa shape index (κ3) is 5.26. The first kappa shape index (κ1) is 19.3. The number of aliphatic hydroxyl groups is 1. The van der Waals surface area contributed by atoms with Crippen LogP contribution in [-0.4, -0.2) is 42.8 Å². The minimum Gasteiger partial charge on any atom is -0.457 e. The van der Waals surface area contributed by atoms with Crippen LogP contribution in [0.5, 0.6) is 11.5 Å². The highest BCUT2D eigenvalue weighted by Crippen LogP contribution is 2.24. The molecule has 2 atom stereocenters. The highest BCUT2D eigenvalue weighted by atomic mass is 19.1. The standard InChI is InChI=1S/C20H24FN3O3/c21-19-6-5-17(27-16-3-1-13(2-4-16)7-8-22)10-18(19)20(26)24-14-9-15(25)12-23-11-14/h1-6,10,14-15,23,25H,7-9,11-12,22H2,(H,24,26)/t14-,15+/m0/s1. The van der Waals surface area contributed by atoms with Crippen LogP contribution in [-0.2, 0) is 6.42 Å². The maximum atomic E-state index is 14.1. The molecule has 1 saturated heterocycles. The molecule has 1 aliphatic rings. The summed E-state index contributed by atoms with van der Waals surface area (Å²) in [4.78, 5) is 12.4. The second-order valence-electron chi connectivity index (χ2n) is 6.64. The summed E-state index contributed by atoms with van der Waals surface area (Å²) in [5, 5.41) is 15.4. The van der Waals surface area contributed by atoms with E-state index in [2.05, 4.69) is 10.6 Å². The van der Waals surface area contributed by atoms with Crippen molar-refractivity contribution in [1.82, 2.24) is 10.6 Å². The Bertz CT molecular complexity index is 783.